The van der Waals surface area contributed by atoms with E-state index in [2.05, 4.69) is 34.4 Å². The molecule has 2 N–H and O–H groups in total. The summed E-state index contributed by atoms with van der Waals surface area (Å²) in [6.07, 6.45) is -3.52. The first-order chi connectivity index (χ1) is 19.9. The zero-order valence-electron chi connectivity index (χ0n) is 23.2. The molecule has 1 aromatic heterocycles. The van der Waals surface area contributed by atoms with Gasteiger partial charge in [0.25, 0.3) is 0 Å². The molecule has 0 spiro atoms. The van der Waals surface area contributed by atoms with Crippen molar-refractivity contribution in [2.45, 2.75) is 31.5 Å². The summed E-state index contributed by atoms with van der Waals surface area (Å²) in [4.78, 5) is 2.78. The minimum atomic E-state index is -4.33. The predicted molar refractivity (Wildman–Crippen MR) is 158 cm³/mol. The molecule has 2 aliphatic heterocycles. The Labute approximate surface area is 243 Å². The van der Waals surface area contributed by atoms with E-state index in [1.54, 1.807) is 6.07 Å². The molecule has 0 amide bonds. The minimum absolute atomic E-state index is 0.192. The number of benzene rings is 2. The SMILES string of the molecule is CN1CC[C@H]2Nc3cccc4c(CC(F)(F)F)c(sc34)C#CCNc3cccc(c3)OCCOCCOCCC2C1. The normalized spacial score (nSPS) is 21.6. The molecule has 2 atom stereocenters. The van der Waals surface area contributed by atoms with Crippen LogP contribution in [0.25, 0.3) is 10.1 Å². The van der Waals surface area contributed by atoms with E-state index < -0.39 is 12.6 Å². The van der Waals surface area contributed by atoms with E-state index in [9.17, 15) is 13.2 Å². The number of ether oxygens (including phenoxy) is 3. The number of alkyl halides is 3. The van der Waals surface area contributed by atoms with Gasteiger partial charge in [0, 0.05) is 30.9 Å². The van der Waals surface area contributed by atoms with Crippen LogP contribution in [0.4, 0.5) is 24.5 Å². The van der Waals surface area contributed by atoms with Gasteiger partial charge < -0.3 is 29.7 Å². The summed E-state index contributed by atoms with van der Waals surface area (Å²) in [6, 6.07) is 13.3. The summed E-state index contributed by atoms with van der Waals surface area (Å²) >= 11 is 1.34. The number of thiophene rings is 1. The zero-order chi connectivity index (χ0) is 28.7. The smallest absolute Gasteiger partial charge is 0.393 e. The molecule has 1 saturated heterocycles. The molecular formula is C31H36F3N3O3S. The molecule has 6 nitrogen and oxygen atoms in total. The van der Waals surface area contributed by atoms with Crippen LogP contribution in [0.15, 0.2) is 42.5 Å². The molecule has 41 heavy (non-hydrogen) atoms. The van der Waals surface area contributed by atoms with Crippen molar-refractivity contribution >= 4 is 32.8 Å². The van der Waals surface area contributed by atoms with Crippen molar-refractivity contribution in [3.05, 3.63) is 52.9 Å². The van der Waals surface area contributed by atoms with Gasteiger partial charge in [-0.2, -0.15) is 13.2 Å². The van der Waals surface area contributed by atoms with Gasteiger partial charge in [0.15, 0.2) is 0 Å². The average molecular weight is 588 g/mol. The number of likely N-dealkylation sites (tertiary alicyclic amines) is 1. The number of rotatable bonds is 1. The molecular weight excluding hydrogens is 551 g/mol. The van der Waals surface area contributed by atoms with Crippen molar-refractivity contribution in [1.29, 1.82) is 0 Å². The first kappa shape index (κ1) is 29.5. The van der Waals surface area contributed by atoms with Crippen molar-refractivity contribution in [2.75, 3.05) is 70.3 Å². The van der Waals surface area contributed by atoms with Crippen molar-refractivity contribution in [1.82, 2.24) is 4.90 Å². The number of nitrogens with zero attached hydrogens (tertiary/aromatic N) is 1. The number of piperidine rings is 1. The maximum atomic E-state index is 13.7. The van der Waals surface area contributed by atoms with Gasteiger partial charge in [-0.15, -0.1) is 11.3 Å². The predicted octanol–water partition coefficient (Wildman–Crippen LogP) is 6.02. The van der Waals surface area contributed by atoms with E-state index in [1.807, 2.05) is 36.4 Å². The Kier molecular flexibility index (Phi) is 9.93. The zero-order valence-corrected chi connectivity index (χ0v) is 24.0. The molecule has 4 bridgehead atoms. The van der Waals surface area contributed by atoms with Gasteiger partial charge >= 0.3 is 6.18 Å². The number of halogens is 3. The van der Waals surface area contributed by atoms with Gasteiger partial charge in [0.2, 0.25) is 0 Å². The van der Waals surface area contributed by atoms with Crippen molar-refractivity contribution in [2.24, 2.45) is 5.92 Å². The lowest BCUT2D eigenvalue weighted by atomic mass is 9.89. The van der Waals surface area contributed by atoms with Crippen LogP contribution < -0.4 is 15.4 Å². The lowest BCUT2D eigenvalue weighted by Gasteiger charge is -2.38. The Morgan fingerprint density at radius 2 is 1.83 bits per heavy atom. The second kappa shape index (κ2) is 13.8. The summed E-state index contributed by atoms with van der Waals surface area (Å²) < 4.78 is 59.2. The van der Waals surface area contributed by atoms with Crippen molar-refractivity contribution in [3.63, 3.8) is 0 Å². The standard InChI is InChI=1S/C31H36F3N3O3S/c1-37-13-10-27-22(21-37)11-14-38-15-16-39-17-18-40-24-6-2-5-23(19-24)35-12-4-9-29-26(20-31(32,33)34)25-7-3-8-28(36-27)30(25)41-29/h2-3,5-8,19,22,27,35-36H,10-18,20-21H2,1H3/t22?,27-/m1/s1. The van der Waals surface area contributed by atoms with E-state index in [1.165, 1.54) is 11.3 Å². The monoisotopic (exact) mass is 587 g/mol. The van der Waals surface area contributed by atoms with Crippen LogP contribution in [0.1, 0.15) is 23.3 Å². The first-order valence-corrected chi connectivity index (χ1v) is 14.8. The lowest BCUT2D eigenvalue weighted by molar-refractivity contribution is -0.126. The van der Waals surface area contributed by atoms with Crippen LogP contribution in [-0.4, -0.2) is 76.8 Å². The van der Waals surface area contributed by atoms with Crippen LogP contribution in [0, 0.1) is 17.8 Å². The topological polar surface area (TPSA) is 55.0 Å². The fourth-order valence-corrected chi connectivity index (χ4v) is 6.57. The Hall–Kier alpha value is -2.97. The number of hydrogen-bond acceptors (Lipinski definition) is 7. The molecule has 2 aromatic carbocycles. The van der Waals surface area contributed by atoms with Gasteiger partial charge in [-0.3, -0.25) is 0 Å². The second-order valence-corrected chi connectivity index (χ2v) is 11.5. The number of hydrogen-bond donors (Lipinski definition) is 2. The highest BCUT2D eigenvalue weighted by atomic mass is 32.1. The van der Waals surface area contributed by atoms with Crippen molar-refractivity contribution < 1.29 is 27.4 Å². The Morgan fingerprint density at radius 3 is 2.68 bits per heavy atom. The molecule has 5 rings (SSSR count). The molecule has 0 saturated carbocycles. The second-order valence-electron chi connectivity index (χ2n) is 10.5. The van der Waals surface area contributed by atoms with E-state index in [0.29, 0.717) is 55.0 Å². The van der Waals surface area contributed by atoms with Gasteiger partial charge in [-0.25, -0.2) is 0 Å². The van der Waals surface area contributed by atoms with Gasteiger partial charge in [0.1, 0.15) is 12.4 Å². The summed E-state index contributed by atoms with van der Waals surface area (Å²) in [7, 11) is 2.12. The van der Waals surface area contributed by atoms with Crippen LogP contribution >= 0.6 is 11.3 Å². The first-order valence-electron chi connectivity index (χ1n) is 14.0. The van der Waals surface area contributed by atoms with Crippen LogP contribution in [-0.2, 0) is 15.9 Å². The minimum Gasteiger partial charge on any atom is -0.491 e. The number of anilines is 2. The third-order valence-electron chi connectivity index (χ3n) is 7.39. The molecule has 3 aromatic rings. The van der Waals surface area contributed by atoms with Crippen LogP contribution in [0.5, 0.6) is 5.75 Å². The quantitative estimate of drug-likeness (QED) is 0.340. The van der Waals surface area contributed by atoms with E-state index in [-0.39, 0.29) is 18.2 Å². The Bertz CT molecular complexity index is 1370. The summed E-state index contributed by atoms with van der Waals surface area (Å²) in [5.74, 6) is 7.12. The summed E-state index contributed by atoms with van der Waals surface area (Å²) in [5, 5.41) is 7.54. The van der Waals surface area contributed by atoms with Crippen LogP contribution in [0.2, 0.25) is 0 Å². The highest BCUT2D eigenvalue weighted by Crippen LogP contribution is 2.40. The third kappa shape index (κ3) is 8.29. The Morgan fingerprint density at radius 1 is 1.02 bits per heavy atom. The largest absolute Gasteiger partial charge is 0.491 e. The highest BCUT2D eigenvalue weighted by Gasteiger charge is 2.32. The molecule has 0 aliphatic carbocycles. The highest BCUT2D eigenvalue weighted by molar-refractivity contribution is 7.20. The maximum Gasteiger partial charge on any atom is 0.393 e. The Balaban J connectivity index is 1.45. The fourth-order valence-electron chi connectivity index (χ4n) is 5.40. The van der Waals surface area contributed by atoms with Crippen molar-refractivity contribution in [3.8, 4) is 17.6 Å². The molecule has 0 radical (unpaired) electrons. The fraction of sp³-hybridized carbons (Fsp3) is 0.484. The van der Waals surface area contributed by atoms with E-state index >= 15 is 0 Å². The molecule has 10 heteroatoms. The molecule has 1 fully saturated rings. The van der Waals surface area contributed by atoms with Gasteiger partial charge in [-0.05, 0) is 61.5 Å². The molecule has 220 valence electrons. The van der Waals surface area contributed by atoms with E-state index in [4.69, 9.17) is 14.2 Å². The number of fused-ring (bicyclic) bond motifs is 4. The average Bonchev–Trinajstić information content (AvgIpc) is 3.28. The summed E-state index contributed by atoms with van der Waals surface area (Å²) in [6.45, 7) is 4.68. The molecule has 3 heterocycles. The van der Waals surface area contributed by atoms with E-state index in [0.717, 1.165) is 42.0 Å². The summed E-state index contributed by atoms with van der Waals surface area (Å²) in [5.41, 5.74) is 1.93. The van der Waals surface area contributed by atoms with Crippen LogP contribution in [0.3, 0.4) is 0 Å². The maximum absolute atomic E-state index is 13.7. The number of nitrogens with one attached hydrogen (secondary N) is 2. The third-order valence-corrected chi connectivity index (χ3v) is 8.59. The lowest BCUT2D eigenvalue weighted by Crippen LogP contribution is -2.45. The molecule has 2 aliphatic rings. The molecule has 1 unspecified atom stereocenters. The van der Waals surface area contributed by atoms with Gasteiger partial charge in [0.05, 0.1) is 48.1 Å². The van der Waals surface area contributed by atoms with Gasteiger partial charge in [-0.1, -0.05) is 30.0 Å².